The highest BCUT2D eigenvalue weighted by molar-refractivity contribution is 7.89. The van der Waals surface area contributed by atoms with Crippen molar-refractivity contribution in [1.82, 2.24) is 4.31 Å². The number of nitrogens with one attached hydrogen (secondary N) is 1. The van der Waals surface area contributed by atoms with Gasteiger partial charge in [-0.1, -0.05) is 13.8 Å². The van der Waals surface area contributed by atoms with E-state index in [0.717, 1.165) is 5.69 Å². The minimum Gasteiger partial charge on any atom is -0.493 e. The summed E-state index contributed by atoms with van der Waals surface area (Å²) in [6, 6.07) is 9.71. The van der Waals surface area contributed by atoms with Gasteiger partial charge in [0.2, 0.25) is 10.0 Å². The Morgan fingerprint density at radius 1 is 1.03 bits per heavy atom. The molecular formula is C23H31N3O6S. The van der Waals surface area contributed by atoms with Gasteiger partial charge in [-0.15, -0.1) is 0 Å². The van der Waals surface area contributed by atoms with Crippen LogP contribution in [0.25, 0.3) is 0 Å². The summed E-state index contributed by atoms with van der Waals surface area (Å²) in [6.07, 6.45) is 0. The van der Waals surface area contributed by atoms with E-state index in [9.17, 15) is 13.2 Å². The average Bonchev–Trinajstić information content (AvgIpc) is 2.84. The highest BCUT2D eigenvalue weighted by Gasteiger charge is 2.25. The van der Waals surface area contributed by atoms with Crippen LogP contribution in [0.5, 0.6) is 11.5 Å². The Labute approximate surface area is 195 Å². The molecule has 2 aromatic carbocycles. The van der Waals surface area contributed by atoms with Crippen LogP contribution >= 0.6 is 0 Å². The number of morpholine rings is 1. The summed E-state index contributed by atoms with van der Waals surface area (Å²) in [5, 5.41) is 2.90. The minimum absolute atomic E-state index is 0.130. The van der Waals surface area contributed by atoms with Crippen LogP contribution in [0.2, 0.25) is 0 Å². The molecule has 1 aliphatic heterocycles. The van der Waals surface area contributed by atoms with Gasteiger partial charge in [0.15, 0.2) is 11.5 Å². The van der Waals surface area contributed by atoms with Crippen molar-refractivity contribution in [2.45, 2.75) is 18.7 Å². The zero-order chi connectivity index (χ0) is 24.0. The Balaban J connectivity index is 2.00. The Bertz CT molecular complexity index is 1080. The summed E-state index contributed by atoms with van der Waals surface area (Å²) >= 11 is 0. The first-order valence-corrected chi connectivity index (χ1v) is 12.3. The minimum atomic E-state index is -3.69. The number of hydrogen-bond acceptors (Lipinski definition) is 7. The number of hydrogen-bond donors (Lipinski definition) is 1. The second-order valence-electron chi connectivity index (χ2n) is 7.39. The first-order chi connectivity index (χ1) is 15.8. The average molecular weight is 478 g/mol. The topological polar surface area (TPSA) is 97.4 Å². The number of ether oxygens (including phenoxy) is 3. The zero-order valence-corrected chi connectivity index (χ0v) is 20.3. The molecule has 0 aromatic heterocycles. The van der Waals surface area contributed by atoms with Crippen molar-refractivity contribution in [2.75, 3.05) is 63.8 Å². The van der Waals surface area contributed by atoms with Gasteiger partial charge in [-0.05, 0) is 36.4 Å². The van der Waals surface area contributed by atoms with E-state index < -0.39 is 10.0 Å². The van der Waals surface area contributed by atoms with Gasteiger partial charge in [-0.2, -0.15) is 4.31 Å². The van der Waals surface area contributed by atoms with Crippen molar-refractivity contribution in [3.63, 3.8) is 0 Å². The lowest BCUT2D eigenvalue weighted by Crippen LogP contribution is -2.37. The van der Waals surface area contributed by atoms with Crippen LogP contribution in [0.15, 0.2) is 41.3 Å². The van der Waals surface area contributed by atoms with Gasteiger partial charge in [-0.3, -0.25) is 4.79 Å². The molecule has 1 heterocycles. The van der Waals surface area contributed by atoms with Gasteiger partial charge >= 0.3 is 0 Å². The maximum atomic E-state index is 13.1. The predicted molar refractivity (Wildman–Crippen MR) is 127 cm³/mol. The van der Waals surface area contributed by atoms with Crippen molar-refractivity contribution in [3.8, 4) is 11.5 Å². The largest absolute Gasteiger partial charge is 0.493 e. The molecule has 1 N–H and O–H groups in total. The van der Waals surface area contributed by atoms with E-state index in [-0.39, 0.29) is 10.8 Å². The molecule has 0 radical (unpaired) electrons. The highest BCUT2D eigenvalue weighted by Crippen LogP contribution is 2.32. The van der Waals surface area contributed by atoms with Gasteiger partial charge in [-0.25, -0.2) is 8.42 Å². The smallest absolute Gasteiger partial charge is 0.255 e. The molecule has 180 valence electrons. The van der Waals surface area contributed by atoms with Crippen LogP contribution in [0.4, 0.5) is 11.4 Å². The molecule has 0 aliphatic carbocycles. The third kappa shape index (κ3) is 5.40. The normalized spacial score (nSPS) is 14.3. The fourth-order valence-electron chi connectivity index (χ4n) is 3.74. The molecule has 3 rings (SSSR count). The van der Waals surface area contributed by atoms with Crippen LogP contribution in [0.1, 0.15) is 24.2 Å². The Morgan fingerprint density at radius 2 is 1.70 bits per heavy atom. The van der Waals surface area contributed by atoms with Gasteiger partial charge in [0.1, 0.15) is 0 Å². The number of rotatable bonds is 9. The standard InChI is InChI=1S/C23H31N3O6S/c1-5-26(6-2)33(28,29)18-8-9-20(25-11-13-32-14-12-25)19(16-18)24-23(27)17-7-10-21(30-3)22(15-17)31-4/h7-10,15-16H,5-6,11-14H2,1-4H3,(H,24,27). The first-order valence-electron chi connectivity index (χ1n) is 10.9. The summed E-state index contributed by atoms with van der Waals surface area (Å²) in [4.78, 5) is 15.3. The molecule has 1 saturated heterocycles. The van der Waals surface area contributed by atoms with E-state index in [1.165, 1.54) is 24.6 Å². The highest BCUT2D eigenvalue weighted by atomic mass is 32.2. The molecule has 0 saturated carbocycles. The predicted octanol–water partition coefficient (Wildman–Crippen LogP) is 2.82. The van der Waals surface area contributed by atoms with E-state index in [1.807, 2.05) is 0 Å². The molecule has 1 amide bonds. The SMILES string of the molecule is CCN(CC)S(=O)(=O)c1ccc(N2CCOCC2)c(NC(=O)c2ccc(OC)c(OC)c2)c1. The number of anilines is 2. The molecule has 0 atom stereocenters. The zero-order valence-electron chi connectivity index (χ0n) is 19.5. The quantitative estimate of drug-likeness (QED) is 0.593. The van der Waals surface area contributed by atoms with Crippen molar-refractivity contribution >= 4 is 27.3 Å². The second kappa shape index (κ2) is 10.9. The molecular weight excluding hydrogens is 446 g/mol. The van der Waals surface area contributed by atoms with Crippen molar-refractivity contribution in [1.29, 1.82) is 0 Å². The summed E-state index contributed by atoms with van der Waals surface area (Å²) < 4.78 is 43.5. The molecule has 1 fully saturated rings. The number of carbonyl (C=O) groups excluding carboxylic acids is 1. The van der Waals surface area contributed by atoms with Crippen LogP contribution in [-0.2, 0) is 14.8 Å². The third-order valence-electron chi connectivity index (χ3n) is 5.56. The number of carbonyl (C=O) groups is 1. The second-order valence-corrected chi connectivity index (χ2v) is 9.33. The lowest BCUT2D eigenvalue weighted by Gasteiger charge is -2.31. The molecule has 33 heavy (non-hydrogen) atoms. The summed E-state index contributed by atoms with van der Waals surface area (Å²) in [6.45, 7) is 6.70. The van der Waals surface area contributed by atoms with Crippen LogP contribution in [0.3, 0.4) is 0 Å². The van der Waals surface area contributed by atoms with E-state index in [1.54, 1.807) is 44.2 Å². The Kier molecular flexibility index (Phi) is 8.17. The van der Waals surface area contributed by atoms with E-state index in [2.05, 4.69) is 10.2 Å². The number of methoxy groups -OCH3 is 2. The molecule has 2 aromatic rings. The van der Waals surface area contributed by atoms with Gasteiger partial charge < -0.3 is 24.4 Å². The molecule has 9 nitrogen and oxygen atoms in total. The monoisotopic (exact) mass is 477 g/mol. The van der Waals surface area contributed by atoms with E-state index in [0.29, 0.717) is 62.1 Å². The molecule has 0 spiro atoms. The number of sulfonamides is 1. The number of amides is 1. The Hall–Kier alpha value is -2.82. The summed E-state index contributed by atoms with van der Waals surface area (Å²) in [7, 11) is -0.670. The number of nitrogens with zero attached hydrogens (tertiary/aromatic N) is 2. The lowest BCUT2D eigenvalue weighted by molar-refractivity contribution is 0.102. The molecule has 0 bridgehead atoms. The van der Waals surface area contributed by atoms with Crippen molar-refractivity contribution in [2.24, 2.45) is 0 Å². The maximum Gasteiger partial charge on any atom is 0.255 e. The van der Waals surface area contributed by atoms with Gasteiger partial charge in [0, 0.05) is 31.7 Å². The summed E-state index contributed by atoms with van der Waals surface area (Å²) in [5.41, 5.74) is 1.52. The van der Waals surface area contributed by atoms with Crippen molar-refractivity contribution in [3.05, 3.63) is 42.0 Å². The van der Waals surface area contributed by atoms with Crippen LogP contribution in [-0.4, -0.2) is 72.2 Å². The first kappa shape index (κ1) is 24.8. The third-order valence-corrected chi connectivity index (χ3v) is 7.60. The molecule has 1 aliphatic rings. The Morgan fingerprint density at radius 3 is 2.30 bits per heavy atom. The van der Waals surface area contributed by atoms with Crippen LogP contribution in [0, 0.1) is 0 Å². The molecule has 10 heteroatoms. The van der Waals surface area contributed by atoms with Gasteiger partial charge in [0.25, 0.3) is 5.91 Å². The fourth-order valence-corrected chi connectivity index (χ4v) is 5.23. The van der Waals surface area contributed by atoms with Crippen LogP contribution < -0.4 is 19.7 Å². The maximum absolute atomic E-state index is 13.1. The molecule has 0 unspecified atom stereocenters. The summed E-state index contributed by atoms with van der Waals surface area (Å²) in [5.74, 6) is 0.551. The van der Waals surface area contributed by atoms with Gasteiger partial charge in [0.05, 0.1) is 43.7 Å². The lowest BCUT2D eigenvalue weighted by atomic mass is 10.1. The number of benzene rings is 2. The fraction of sp³-hybridized carbons (Fsp3) is 0.435. The van der Waals surface area contributed by atoms with E-state index >= 15 is 0 Å². The van der Waals surface area contributed by atoms with Crippen molar-refractivity contribution < 1.29 is 27.4 Å². The van der Waals surface area contributed by atoms with E-state index in [4.69, 9.17) is 14.2 Å².